The molecule has 5 heteroatoms. The molecule has 110 valence electrons. The zero-order valence-electron chi connectivity index (χ0n) is 11.1. The number of hydrogen-bond acceptors (Lipinski definition) is 0. The van der Waals surface area contributed by atoms with Crippen molar-refractivity contribution in [2.45, 2.75) is 43.0 Å². The molecule has 3 rings (SSSR count). The molecule has 1 unspecified atom stereocenters. The Balaban J connectivity index is 2.19. The largest absolute Gasteiger partial charge is 0.445 e. The summed E-state index contributed by atoms with van der Waals surface area (Å²) in [4.78, 5) is 0.724. The molecule has 1 aromatic carbocycles. The number of fused-ring (bicyclic) bond motifs is 1. The molecular weight excluding hydrogens is 305 g/mol. The highest BCUT2D eigenvalue weighted by Crippen LogP contribution is 2.81. The van der Waals surface area contributed by atoms with Crippen molar-refractivity contribution in [3.05, 3.63) is 34.2 Å². The second-order valence-corrected chi connectivity index (χ2v) is 9.34. The highest BCUT2D eigenvalue weighted by atomic mass is 35.7. The van der Waals surface area contributed by atoms with Gasteiger partial charge in [0.25, 0.3) is 0 Å². The second kappa shape index (κ2) is 4.70. The average molecular weight is 321 g/mol. The van der Waals surface area contributed by atoms with E-state index in [9.17, 15) is 13.2 Å². The standard InChI is InChI=1S/C15H16ClF3S/c1-10-5-4-8-13-12(10)9-14(11-6-2-3-7-11)20(13,16)15(17,18)19/h4-5,8-9,11H,2-3,6-7H2,1H3. The van der Waals surface area contributed by atoms with Crippen molar-refractivity contribution in [1.82, 2.24) is 0 Å². The van der Waals surface area contributed by atoms with Gasteiger partial charge in [-0.3, -0.25) is 0 Å². The van der Waals surface area contributed by atoms with Crippen LogP contribution in [0.3, 0.4) is 0 Å². The summed E-state index contributed by atoms with van der Waals surface area (Å²) in [5, 5.41) is 0. The molecule has 20 heavy (non-hydrogen) atoms. The van der Waals surface area contributed by atoms with Crippen LogP contribution in [0.25, 0.3) is 6.08 Å². The average Bonchev–Trinajstić information content (AvgIpc) is 2.96. The van der Waals surface area contributed by atoms with Crippen molar-refractivity contribution in [2.24, 2.45) is 5.92 Å². The van der Waals surface area contributed by atoms with E-state index in [2.05, 4.69) is 0 Å². The Labute approximate surface area is 122 Å². The third-order valence-electron chi connectivity index (χ3n) is 4.28. The number of halogens is 4. The van der Waals surface area contributed by atoms with Crippen LogP contribution in [-0.2, 0) is 0 Å². The van der Waals surface area contributed by atoms with Crippen LogP contribution in [0.1, 0.15) is 36.8 Å². The minimum absolute atomic E-state index is 0.00377. The predicted octanol–water partition coefficient (Wildman–Crippen LogP) is 6.38. The fraction of sp³-hybridized carbons (Fsp3) is 0.467. The molecule has 0 saturated heterocycles. The molecule has 1 saturated carbocycles. The smallest absolute Gasteiger partial charge is 0.160 e. The zero-order chi connectivity index (χ0) is 14.5. The summed E-state index contributed by atoms with van der Waals surface area (Å²) in [7, 11) is 2.89. The molecular formula is C15H16ClF3S. The molecule has 0 radical (unpaired) electrons. The van der Waals surface area contributed by atoms with Gasteiger partial charge in [-0.25, -0.2) is 0 Å². The van der Waals surface area contributed by atoms with Gasteiger partial charge < -0.3 is 0 Å². The Bertz CT molecular complexity index is 573. The van der Waals surface area contributed by atoms with Crippen molar-refractivity contribution in [3.63, 3.8) is 0 Å². The lowest BCUT2D eigenvalue weighted by molar-refractivity contribution is -0.0360. The Morgan fingerprint density at radius 3 is 2.45 bits per heavy atom. The van der Waals surface area contributed by atoms with Gasteiger partial charge in [-0.2, -0.15) is 13.2 Å². The van der Waals surface area contributed by atoms with E-state index in [1.54, 1.807) is 18.2 Å². The number of hydrogen-bond donors (Lipinski definition) is 0. The summed E-state index contributed by atoms with van der Waals surface area (Å²) in [6, 6.07) is 5.08. The fourth-order valence-corrected chi connectivity index (χ4v) is 6.70. The lowest BCUT2D eigenvalue weighted by atomic mass is 10.0. The summed E-state index contributed by atoms with van der Waals surface area (Å²) in [5.74, 6) is -0.00377. The zero-order valence-corrected chi connectivity index (χ0v) is 12.7. The Hall–Kier alpha value is -0.610. The first-order chi connectivity index (χ1) is 9.35. The lowest BCUT2D eigenvalue weighted by Crippen LogP contribution is -2.19. The minimum atomic E-state index is -4.39. The van der Waals surface area contributed by atoms with E-state index in [4.69, 9.17) is 10.7 Å². The van der Waals surface area contributed by atoms with Crippen LogP contribution in [-0.4, -0.2) is 5.51 Å². The third-order valence-corrected chi connectivity index (χ3v) is 8.53. The molecule has 1 aliphatic carbocycles. The van der Waals surface area contributed by atoms with Crippen molar-refractivity contribution in [3.8, 4) is 0 Å². The van der Waals surface area contributed by atoms with Gasteiger partial charge in [-0.05, 0) is 73.8 Å². The van der Waals surface area contributed by atoms with E-state index in [1.807, 2.05) is 13.0 Å². The first kappa shape index (κ1) is 14.3. The highest BCUT2D eigenvalue weighted by molar-refractivity contribution is 8.54. The Morgan fingerprint density at radius 1 is 1.20 bits per heavy atom. The Morgan fingerprint density at radius 2 is 1.85 bits per heavy atom. The normalized spacial score (nSPS) is 29.9. The number of rotatable bonds is 1. The maximum absolute atomic E-state index is 13.7. The van der Waals surface area contributed by atoms with Crippen LogP contribution in [0.4, 0.5) is 13.2 Å². The Kier molecular flexibility index (Phi) is 3.37. The molecule has 1 aromatic rings. The molecule has 0 aromatic heterocycles. The van der Waals surface area contributed by atoms with Crippen LogP contribution >= 0.6 is 19.9 Å². The quantitative estimate of drug-likeness (QED) is 0.563. The topological polar surface area (TPSA) is 0 Å². The van der Waals surface area contributed by atoms with Crippen molar-refractivity contribution in [1.29, 1.82) is 0 Å². The van der Waals surface area contributed by atoms with Crippen molar-refractivity contribution < 1.29 is 13.2 Å². The van der Waals surface area contributed by atoms with Crippen LogP contribution in [0.2, 0.25) is 0 Å². The molecule has 1 heterocycles. The van der Waals surface area contributed by atoms with Gasteiger partial charge in [0.15, 0.2) is 0 Å². The molecule has 1 fully saturated rings. The number of allylic oxidation sites excluding steroid dienone is 1. The van der Waals surface area contributed by atoms with Gasteiger partial charge in [0, 0.05) is 4.90 Å². The van der Waals surface area contributed by atoms with Gasteiger partial charge in [-0.1, -0.05) is 25.0 Å². The van der Waals surface area contributed by atoms with Gasteiger partial charge >= 0.3 is 5.51 Å². The van der Waals surface area contributed by atoms with Crippen LogP contribution < -0.4 is 0 Å². The van der Waals surface area contributed by atoms with E-state index in [0.29, 0.717) is 10.5 Å². The molecule has 0 spiro atoms. The molecule has 0 N–H and O–H groups in total. The SMILES string of the molecule is Cc1cccc2c1C=C(C1CCCC1)S2(Cl)C(F)(F)F. The second-order valence-electron chi connectivity index (χ2n) is 5.50. The third kappa shape index (κ3) is 1.92. The number of aryl methyl sites for hydroxylation is 1. The molecule has 0 nitrogen and oxygen atoms in total. The van der Waals surface area contributed by atoms with Crippen LogP contribution in [0, 0.1) is 12.8 Å². The summed E-state index contributed by atoms with van der Waals surface area (Å²) in [6.45, 7) is 1.85. The summed E-state index contributed by atoms with van der Waals surface area (Å²) >= 11 is 0. The van der Waals surface area contributed by atoms with Gasteiger partial charge in [0.05, 0.1) is 0 Å². The van der Waals surface area contributed by atoms with Crippen LogP contribution in [0.5, 0.6) is 0 Å². The first-order valence-electron chi connectivity index (χ1n) is 6.76. The van der Waals surface area contributed by atoms with E-state index in [1.165, 1.54) is 0 Å². The van der Waals surface area contributed by atoms with E-state index >= 15 is 0 Å². The van der Waals surface area contributed by atoms with Gasteiger partial charge in [0.1, 0.15) is 0 Å². The maximum Gasteiger partial charge on any atom is 0.445 e. The summed E-state index contributed by atoms with van der Waals surface area (Å²) in [5.41, 5.74) is -2.82. The van der Waals surface area contributed by atoms with Crippen LogP contribution in [0.15, 0.2) is 28.0 Å². The highest BCUT2D eigenvalue weighted by Gasteiger charge is 2.57. The predicted molar refractivity (Wildman–Crippen MR) is 78.9 cm³/mol. The van der Waals surface area contributed by atoms with Crippen molar-refractivity contribution >= 4 is 26.0 Å². The lowest BCUT2D eigenvalue weighted by Gasteiger charge is -2.36. The summed E-state index contributed by atoms with van der Waals surface area (Å²) in [6.07, 6.45) is 5.40. The molecule has 2 aliphatic rings. The molecule has 0 bridgehead atoms. The molecule has 0 amide bonds. The van der Waals surface area contributed by atoms with Crippen molar-refractivity contribution in [2.75, 3.05) is 0 Å². The van der Waals surface area contributed by atoms with Gasteiger partial charge in [0.2, 0.25) is 0 Å². The monoisotopic (exact) mass is 320 g/mol. The molecule has 1 atom stereocenters. The van der Waals surface area contributed by atoms with E-state index in [0.717, 1.165) is 31.2 Å². The van der Waals surface area contributed by atoms with E-state index in [-0.39, 0.29) is 10.8 Å². The maximum atomic E-state index is 13.7. The minimum Gasteiger partial charge on any atom is -0.160 e. The van der Waals surface area contributed by atoms with E-state index < -0.39 is 14.7 Å². The molecule has 1 aliphatic heterocycles. The number of benzene rings is 1. The summed E-state index contributed by atoms with van der Waals surface area (Å²) < 4.78 is 41.2. The number of alkyl halides is 3. The van der Waals surface area contributed by atoms with Gasteiger partial charge in [-0.15, -0.1) is 0 Å². The fourth-order valence-electron chi connectivity index (χ4n) is 3.25. The first-order valence-corrected chi connectivity index (χ1v) is 9.22.